The number of nitrogens with one attached hydrogen (secondary N) is 3. The number of aromatic hydroxyl groups is 1. The minimum atomic E-state index is -1.65. The summed E-state index contributed by atoms with van der Waals surface area (Å²) < 4.78 is 5.43. The van der Waals surface area contributed by atoms with Crippen LogP contribution in [-0.4, -0.2) is 120 Å². The SMILES string of the molecule is CC(C)[C@H](NC(=O)[C@H]1CCCN1C(=O)[C@@H](NC(=O)CCCCC(C)(C)NC(=O)c1ccc(O)cn1)C(C)C)C(=O)c1nnc(C(CO)(CO)CO)o1. The van der Waals surface area contributed by atoms with Crippen molar-refractivity contribution in [3.63, 3.8) is 0 Å². The quantitative estimate of drug-likeness (QED) is 0.0773. The van der Waals surface area contributed by atoms with E-state index in [1.54, 1.807) is 27.7 Å². The topological polar surface area (TPSA) is 257 Å². The summed E-state index contributed by atoms with van der Waals surface area (Å²) in [7, 11) is 0. The molecule has 2 aromatic rings. The Balaban J connectivity index is 1.58. The maximum Gasteiger partial charge on any atom is 0.286 e. The average Bonchev–Trinajstić information content (AvgIpc) is 3.80. The molecule has 0 spiro atoms. The smallest absolute Gasteiger partial charge is 0.286 e. The number of nitrogens with zero attached hydrogens (tertiary/aromatic N) is 4. The minimum absolute atomic E-state index is 0.0419. The number of hydrogen-bond acceptors (Lipinski definition) is 13. The van der Waals surface area contributed by atoms with Gasteiger partial charge in [-0.05, 0) is 63.5 Å². The van der Waals surface area contributed by atoms with Crippen molar-refractivity contribution in [3.8, 4) is 5.75 Å². The Morgan fingerprint density at radius 3 is 2.17 bits per heavy atom. The van der Waals surface area contributed by atoms with Crippen LogP contribution in [0.25, 0.3) is 0 Å². The summed E-state index contributed by atoms with van der Waals surface area (Å²) in [4.78, 5) is 71.7. The molecule has 17 heteroatoms. The lowest BCUT2D eigenvalue weighted by Gasteiger charge is -2.31. The first-order valence-corrected chi connectivity index (χ1v) is 17.6. The van der Waals surface area contributed by atoms with E-state index in [1.807, 2.05) is 13.8 Å². The number of aliphatic hydroxyl groups is 3. The van der Waals surface area contributed by atoms with E-state index in [-0.39, 0.29) is 48.0 Å². The van der Waals surface area contributed by atoms with Crippen LogP contribution in [-0.2, 0) is 19.8 Å². The van der Waals surface area contributed by atoms with Crippen molar-refractivity contribution in [1.82, 2.24) is 36.0 Å². The third-order valence-corrected chi connectivity index (χ3v) is 9.22. The van der Waals surface area contributed by atoms with Gasteiger partial charge in [0.15, 0.2) is 0 Å². The van der Waals surface area contributed by atoms with E-state index in [9.17, 15) is 44.4 Å². The second-order valence-corrected chi connectivity index (χ2v) is 14.7. The Hall–Kier alpha value is -4.48. The number of carbonyl (C=O) groups is 5. The molecule has 52 heavy (non-hydrogen) atoms. The number of amides is 4. The average molecular weight is 732 g/mol. The second kappa shape index (κ2) is 18.3. The number of aliphatic hydroxyl groups excluding tert-OH is 3. The van der Waals surface area contributed by atoms with Gasteiger partial charge in [0.1, 0.15) is 28.9 Å². The second-order valence-electron chi connectivity index (χ2n) is 14.7. The molecule has 288 valence electrons. The lowest BCUT2D eigenvalue weighted by Crippen LogP contribution is -2.57. The van der Waals surface area contributed by atoms with E-state index in [1.165, 1.54) is 23.2 Å². The molecule has 7 N–H and O–H groups in total. The largest absolute Gasteiger partial charge is 0.506 e. The molecule has 3 atom stereocenters. The molecule has 4 amide bonds. The fourth-order valence-electron chi connectivity index (χ4n) is 5.86. The van der Waals surface area contributed by atoms with Gasteiger partial charge in [-0.2, -0.15) is 0 Å². The van der Waals surface area contributed by atoms with E-state index in [4.69, 9.17) is 4.42 Å². The zero-order valence-electron chi connectivity index (χ0n) is 30.7. The number of pyridine rings is 1. The number of hydrogen-bond donors (Lipinski definition) is 7. The summed E-state index contributed by atoms with van der Waals surface area (Å²) in [5.41, 5.74) is -2.07. The van der Waals surface area contributed by atoms with Crippen molar-refractivity contribution in [2.75, 3.05) is 26.4 Å². The van der Waals surface area contributed by atoms with Crippen LogP contribution in [0.5, 0.6) is 5.75 Å². The summed E-state index contributed by atoms with van der Waals surface area (Å²) in [5, 5.41) is 54.4. The van der Waals surface area contributed by atoms with Gasteiger partial charge in [-0.25, -0.2) is 4.98 Å². The van der Waals surface area contributed by atoms with Crippen LogP contribution in [0.3, 0.4) is 0 Å². The molecule has 0 unspecified atom stereocenters. The molecule has 17 nitrogen and oxygen atoms in total. The van der Waals surface area contributed by atoms with Crippen molar-refractivity contribution in [1.29, 1.82) is 0 Å². The van der Waals surface area contributed by atoms with Gasteiger partial charge in [-0.1, -0.05) is 34.1 Å². The van der Waals surface area contributed by atoms with Crippen LogP contribution in [0.4, 0.5) is 0 Å². The molecule has 1 aliphatic heterocycles. The van der Waals surface area contributed by atoms with Crippen LogP contribution in [0, 0.1) is 11.8 Å². The van der Waals surface area contributed by atoms with E-state index in [0.717, 1.165) is 0 Å². The number of rotatable bonds is 19. The summed E-state index contributed by atoms with van der Waals surface area (Å²) in [5.74, 6) is -3.95. The van der Waals surface area contributed by atoms with Crippen LogP contribution < -0.4 is 16.0 Å². The molecule has 3 heterocycles. The van der Waals surface area contributed by atoms with Gasteiger partial charge in [0, 0.05) is 18.5 Å². The van der Waals surface area contributed by atoms with Gasteiger partial charge in [-0.15, -0.1) is 10.2 Å². The molecule has 0 bridgehead atoms. The first-order valence-electron chi connectivity index (χ1n) is 17.6. The van der Waals surface area contributed by atoms with Crippen molar-refractivity contribution in [3.05, 3.63) is 35.8 Å². The van der Waals surface area contributed by atoms with Crippen LogP contribution >= 0.6 is 0 Å². The monoisotopic (exact) mass is 731 g/mol. The van der Waals surface area contributed by atoms with Crippen LogP contribution in [0.2, 0.25) is 0 Å². The molecule has 3 rings (SSSR count). The Morgan fingerprint density at radius 1 is 0.942 bits per heavy atom. The number of carbonyl (C=O) groups excluding carboxylic acids is 5. The Morgan fingerprint density at radius 2 is 1.60 bits per heavy atom. The summed E-state index contributed by atoms with van der Waals surface area (Å²) in [6, 6.07) is -0.0911. The number of Topliss-reactive ketones (excluding diaryl/α,β-unsaturated/α-hetero) is 1. The fraction of sp³-hybridized carbons (Fsp3) is 0.657. The fourth-order valence-corrected chi connectivity index (χ4v) is 5.86. The standard InChI is InChI=1S/C35H53N7O10/c1-20(2)26(28(48)31-40-41-33(52-31)35(17-43,18-44)19-45)38-30(50)24-10-9-15-42(24)32(51)27(21(3)4)37-25(47)11-7-8-14-34(5,6)39-29(49)23-13-12-22(46)16-36-23/h12-13,16,20-21,24,26-27,43-46H,7-11,14-15,17-19H2,1-6H3,(H,37,47)(H,38,50)(H,39,49)/t24-,26+,27+/m1/s1. The highest BCUT2D eigenvalue weighted by Gasteiger charge is 2.42. The Bertz CT molecular complexity index is 1530. The van der Waals surface area contributed by atoms with Crippen LogP contribution in [0.15, 0.2) is 22.7 Å². The Labute approximate surface area is 303 Å². The molecular weight excluding hydrogens is 678 g/mol. The van der Waals surface area contributed by atoms with E-state index < -0.39 is 78.3 Å². The van der Waals surface area contributed by atoms with E-state index >= 15 is 0 Å². The molecular formula is C35H53N7O10. The zero-order valence-corrected chi connectivity index (χ0v) is 30.7. The van der Waals surface area contributed by atoms with Crippen molar-refractivity contribution < 1.29 is 48.8 Å². The van der Waals surface area contributed by atoms with Gasteiger partial charge < -0.3 is 45.7 Å². The molecule has 1 fully saturated rings. The molecule has 2 aromatic heterocycles. The maximum absolute atomic E-state index is 13.8. The summed E-state index contributed by atoms with van der Waals surface area (Å²) >= 11 is 0. The van der Waals surface area contributed by atoms with Crippen LogP contribution in [0.1, 0.15) is 107 Å². The Kier molecular flexibility index (Phi) is 14.8. The highest BCUT2D eigenvalue weighted by Crippen LogP contribution is 2.24. The minimum Gasteiger partial charge on any atom is -0.506 e. The highest BCUT2D eigenvalue weighted by atomic mass is 16.4. The van der Waals surface area contributed by atoms with E-state index in [2.05, 4.69) is 31.1 Å². The normalized spacial score (nSPS) is 16.1. The zero-order chi connectivity index (χ0) is 38.8. The maximum atomic E-state index is 13.8. The lowest BCUT2D eigenvalue weighted by atomic mass is 9.91. The van der Waals surface area contributed by atoms with Crippen molar-refractivity contribution >= 4 is 29.4 Å². The van der Waals surface area contributed by atoms with E-state index in [0.29, 0.717) is 32.1 Å². The van der Waals surface area contributed by atoms with Gasteiger partial charge in [0.2, 0.25) is 29.4 Å². The molecule has 1 saturated heterocycles. The molecule has 0 aromatic carbocycles. The van der Waals surface area contributed by atoms with Crippen molar-refractivity contribution in [2.24, 2.45) is 11.8 Å². The molecule has 0 radical (unpaired) electrons. The predicted molar refractivity (Wildman–Crippen MR) is 186 cm³/mol. The first kappa shape index (κ1) is 41.9. The molecule has 0 saturated carbocycles. The lowest BCUT2D eigenvalue weighted by molar-refractivity contribution is -0.142. The third kappa shape index (κ3) is 10.5. The third-order valence-electron chi connectivity index (χ3n) is 9.22. The predicted octanol–water partition coefficient (Wildman–Crippen LogP) is 0.609. The summed E-state index contributed by atoms with van der Waals surface area (Å²) in [6.45, 7) is 8.86. The highest BCUT2D eigenvalue weighted by molar-refractivity contribution is 6.00. The number of aromatic nitrogens is 3. The number of ketones is 1. The summed E-state index contributed by atoms with van der Waals surface area (Å²) in [6.07, 6.45) is 3.92. The molecule has 0 aliphatic carbocycles. The van der Waals surface area contributed by atoms with Gasteiger partial charge >= 0.3 is 0 Å². The number of likely N-dealkylation sites (tertiary alicyclic amines) is 1. The van der Waals surface area contributed by atoms with Gasteiger partial charge in [-0.3, -0.25) is 24.0 Å². The van der Waals surface area contributed by atoms with Crippen molar-refractivity contribution in [2.45, 2.75) is 109 Å². The first-order chi connectivity index (χ1) is 24.5. The van der Waals surface area contributed by atoms with Gasteiger partial charge in [0.25, 0.3) is 11.8 Å². The van der Waals surface area contributed by atoms with Gasteiger partial charge in [0.05, 0.1) is 32.1 Å². The number of unbranched alkanes of at least 4 members (excludes halogenated alkanes) is 1. The molecule has 1 aliphatic rings.